The van der Waals surface area contributed by atoms with Crippen LogP contribution >= 0.6 is 0 Å². The van der Waals surface area contributed by atoms with E-state index >= 15 is 0 Å². The molecule has 0 saturated heterocycles. The molecule has 0 bridgehead atoms. The van der Waals surface area contributed by atoms with Crippen molar-refractivity contribution in [1.82, 2.24) is 29.9 Å². The van der Waals surface area contributed by atoms with E-state index < -0.39 is 66.4 Å². The molecule has 12 aromatic rings. The van der Waals surface area contributed by atoms with E-state index in [1.165, 1.54) is 72.8 Å². The van der Waals surface area contributed by atoms with E-state index in [1.54, 1.807) is 67.1 Å². The molecule has 0 spiro atoms. The van der Waals surface area contributed by atoms with Gasteiger partial charge in [0, 0.05) is 27.8 Å². The number of benzene rings is 9. The third kappa shape index (κ3) is 16.9. The molecule has 27 heteroatoms. The molecule has 0 radical (unpaired) electrons. The Kier molecular flexibility index (Phi) is 19.1. The smallest absolute Gasteiger partial charge is 0.386 e. The first-order chi connectivity index (χ1) is 45.6. The number of primary sulfonamides is 1. The fourth-order valence-electron chi connectivity index (χ4n) is 9.67. The molecular formula is C70H46F12N8O5S2. The van der Waals surface area contributed by atoms with Crippen molar-refractivity contribution in [1.29, 1.82) is 0 Å². The Morgan fingerprint density at radius 1 is 0.412 bits per heavy atom. The molecule has 0 aliphatic heterocycles. The minimum Gasteiger partial charge on any atom is -0.386 e. The molecule has 0 amide bonds. The summed E-state index contributed by atoms with van der Waals surface area (Å²) in [6.45, 7) is 3.48. The highest BCUT2D eigenvalue weighted by Crippen LogP contribution is 2.37. The molecule has 13 nitrogen and oxygen atoms in total. The number of halogens is 12. The fourth-order valence-corrected chi connectivity index (χ4v) is 11.0. The summed E-state index contributed by atoms with van der Waals surface area (Å²) in [7, 11) is -9.54. The van der Waals surface area contributed by atoms with Gasteiger partial charge in [0.15, 0.2) is 17.5 Å². The Morgan fingerprint density at radius 3 is 1.14 bits per heavy atom. The van der Waals surface area contributed by atoms with E-state index in [1.807, 2.05) is 42.5 Å². The fraction of sp³-hybridized carbons (Fsp3) is 0.100. The lowest BCUT2D eigenvalue weighted by Gasteiger charge is -2.21. The molecule has 0 aliphatic carbocycles. The molecule has 97 heavy (non-hydrogen) atoms. The minimum absolute atomic E-state index is 0.00146. The van der Waals surface area contributed by atoms with E-state index in [2.05, 4.69) is 65.4 Å². The third-order valence-corrected chi connectivity index (χ3v) is 16.2. The molecule has 0 fully saturated rings. The topological polar surface area (TPSA) is 213 Å². The minimum atomic E-state index is -5.62. The lowest BCUT2D eigenvalue weighted by Crippen LogP contribution is -2.30. The number of nitrogens with one attached hydrogen (secondary N) is 4. The predicted octanol–water partition coefficient (Wildman–Crippen LogP) is 16.1. The summed E-state index contributed by atoms with van der Waals surface area (Å²) in [5.74, 6) is 17.0. The Bertz CT molecular complexity index is 5420. The van der Waals surface area contributed by atoms with Crippen molar-refractivity contribution in [2.24, 2.45) is 5.14 Å². The molecule has 12 rings (SSSR count). The monoisotopic (exact) mass is 1370 g/mol. The summed E-state index contributed by atoms with van der Waals surface area (Å²) in [6, 6.07) is 49.0. The standard InChI is InChI=1S/C25H19F3N2O.C23H13F6N3O2S.C22H14F3N3O2S/c1-24(2,31)20-9-4-3-8-19(20)17-11-12-21-22(15-17)30-23(29-21)13-10-16-6-5-7-18(14-16)25(26,27)28;24-22(25,26)16-5-3-4-14(12-16)8-11-21-30-19-10-9-15(13-20(19)31-21)17-6-1-2-7-18(17)32-35(33,34)23(27,28)29;23-22(24,25)16-5-3-4-14(12-16)8-11-21-27-18-10-9-15(13-19(18)28-21)17-6-1-2-7-20(17)31(26,29)30/h3-9,11-12,14-15,31H,1-2H3,(H,29,30);1-7,9-10,12-13,32H,(H,30,31);1-7,9-10,12-13H,(H,27,28)(H2,26,29,30). The van der Waals surface area contributed by atoms with Gasteiger partial charge in [0.05, 0.1) is 66.0 Å². The number of rotatable bonds is 7. The SMILES string of the molecule is CC(C)(O)c1ccccc1-c1ccc2nc(C#Cc3cccc(C(F)(F)F)c3)[nH]c2c1.NS(=O)(=O)c1ccccc1-c1ccc2nc(C#Cc3cccc(C(F)(F)F)c3)[nH]c2c1.O=S(=O)(Nc1ccccc1-c1ccc2nc(C#Cc3cccc(C(F)(F)F)c3)[nH]c2c1)C(F)(F)F. The molecule has 0 unspecified atom stereocenters. The average molecular weight is 1370 g/mol. The quantitative estimate of drug-likeness (QED) is 0.0666. The maximum atomic E-state index is 12.9. The predicted molar refractivity (Wildman–Crippen MR) is 342 cm³/mol. The number of nitrogens with zero attached hydrogens (tertiary/aromatic N) is 3. The van der Waals surface area contributed by atoms with E-state index in [9.17, 15) is 74.6 Å². The summed E-state index contributed by atoms with van der Waals surface area (Å²) in [4.78, 5) is 21.9. The van der Waals surface area contributed by atoms with E-state index in [-0.39, 0.29) is 44.5 Å². The van der Waals surface area contributed by atoms with Crippen LogP contribution in [0.25, 0.3) is 66.5 Å². The number of aliphatic hydroxyl groups is 1. The maximum absolute atomic E-state index is 12.9. The zero-order chi connectivity index (χ0) is 69.9. The Hall–Kier alpha value is -11.2. The molecule has 492 valence electrons. The second kappa shape index (κ2) is 26.9. The Balaban J connectivity index is 0.000000158. The highest BCUT2D eigenvalue weighted by molar-refractivity contribution is 7.93. The number of H-pyrrole nitrogens is 3. The first-order valence-corrected chi connectivity index (χ1v) is 31.3. The number of imidazole rings is 3. The van der Waals surface area contributed by atoms with Crippen LogP contribution in [0.3, 0.4) is 0 Å². The van der Waals surface area contributed by atoms with Gasteiger partial charge in [0.25, 0.3) is 0 Å². The number of aromatic amines is 3. The zero-order valence-corrected chi connectivity index (χ0v) is 51.5. The van der Waals surface area contributed by atoms with Crippen molar-refractivity contribution in [3.63, 3.8) is 0 Å². The van der Waals surface area contributed by atoms with Crippen molar-refractivity contribution in [2.45, 2.75) is 48.4 Å². The second-order valence-corrected chi connectivity index (χ2v) is 24.9. The number of para-hydroxylation sites is 1. The summed E-state index contributed by atoms with van der Waals surface area (Å²) in [5, 5.41) is 15.8. The van der Waals surface area contributed by atoms with Crippen molar-refractivity contribution in [3.05, 3.63) is 257 Å². The van der Waals surface area contributed by atoms with E-state index in [0.717, 1.165) is 58.6 Å². The molecule has 9 aromatic carbocycles. The van der Waals surface area contributed by atoms with Crippen LogP contribution in [0.2, 0.25) is 0 Å². The first-order valence-electron chi connectivity index (χ1n) is 28.3. The number of nitrogens with two attached hydrogens (primary N) is 1. The van der Waals surface area contributed by atoms with E-state index in [0.29, 0.717) is 50.1 Å². The van der Waals surface area contributed by atoms with Gasteiger partial charge in [-0.2, -0.15) is 61.1 Å². The lowest BCUT2D eigenvalue weighted by atomic mass is 9.89. The number of anilines is 1. The van der Waals surface area contributed by atoms with Crippen LogP contribution in [0.4, 0.5) is 58.4 Å². The number of fused-ring (bicyclic) bond motifs is 3. The van der Waals surface area contributed by atoms with Crippen LogP contribution in [-0.4, -0.2) is 57.4 Å². The number of hydrogen-bond acceptors (Lipinski definition) is 8. The molecule has 3 heterocycles. The van der Waals surface area contributed by atoms with Gasteiger partial charge in [-0.05, 0) is 163 Å². The van der Waals surface area contributed by atoms with Crippen molar-refractivity contribution in [2.75, 3.05) is 4.72 Å². The normalized spacial score (nSPS) is 12.0. The van der Waals surface area contributed by atoms with Gasteiger partial charge in [-0.3, -0.25) is 4.72 Å². The number of sulfonamides is 2. The van der Waals surface area contributed by atoms with Crippen molar-refractivity contribution < 1.29 is 74.6 Å². The average Bonchev–Trinajstić information content (AvgIpc) is 1.77. The van der Waals surface area contributed by atoms with Gasteiger partial charge >= 0.3 is 34.1 Å². The highest BCUT2D eigenvalue weighted by Gasteiger charge is 2.46. The van der Waals surface area contributed by atoms with Crippen LogP contribution in [0, 0.1) is 35.5 Å². The molecule has 7 N–H and O–H groups in total. The van der Waals surface area contributed by atoms with Gasteiger partial charge in [0.1, 0.15) is 0 Å². The molecule has 0 atom stereocenters. The zero-order valence-electron chi connectivity index (χ0n) is 49.9. The van der Waals surface area contributed by atoms with Crippen LogP contribution in [0.15, 0.2) is 205 Å². The van der Waals surface area contributed by atoms with Crippen LogP contribution in [0.5, 0.6) is 0 Å². The van der Waals surface area contributed by atoms with Crippen molar-refractivity contribution >= 4 is 58.8 Å². The number of hydrogen-bond donors (Lipinski definition) is 6. The van der Waals surface area contributed by atoms with Gasteiger partial charge < -0.3 is 20.1 Å². The Morgan fingerprint density at radius 2 is 0.763 bits per heavy atom. The largest absolute Gasteiger partial charge is 0.516 e. The van der Waals surface area contributed by atoms with E-state index in [4.69, 9.17) is 5.14 Å². The van der Waals surface area contributed by atoms with Crippen LogP contribution in [-0.2, 0) is 44.2 Å². The summed E-state index contributed by atoms with van der Waals surface area (Å²) in [6.07, 6.45) is -13.4. The lowest BCUT2D eigenvalue weighted by molar-refractivity contribution is -0.138. The van der Waals surface area contributed by atoms with Gasteiger partial charge in [-0.1, -0.05) is 115 Å². The van der Waals surface area contributed by atoms with Crippen LogP contribution in [0.1, 0.15) is 70.3 Å². The number of alkyl halides is 12. The molecule has 0 aliphatic rings. The van der Waals surface area contributed by atoms with Gasteiger partial charge in [0.2, 0.25) is 10.0 Å². The first kappa shape index (κ1) is 68.7. The molecular weight excluding hydrogens is 1320 g/mol. The second-order valence-electron chi connectivity index (χ2n) is 21.7. The van der Waals surface area contributed by atoms with Gasteiger partial charge in [-0.25, -0.2) is 28.5 Å². The Labute approximate surface area is 544 Å². The third-order valence-electron chi connectivity index (χ3n) is 14.2. The molecule has 0 saturated carbocycles. The molecule has 3 aromatic heterocycles. The van der Waals surface area contributed by atoms with Crippen LogP contribution < -0.4 is 9.86 Å². The summed E-state index contributed by atoms with van der Waals surface area (Å²) in [5.41, 5.74) is -0.778. The summed E-state index contributed by atoms with van der Waals surface area (Å²) < 4.78 is 203. The number of aromatic nitrogens is 6. The van der Waals surface area contributed by atoms with Crippen molar-refractivity contribution in [3.8, 4) is 68.9 Å². The summed E-state index contributed by atoms with van der Waals surface area (Å²) >= 11 is 0. The maximum Gasteiger partial charge on any atom is 0.516 e. The van der Waals surface area contributed by atoms with Gasteiger partial charge in [-0.15, -0.1) is 0 Å². The highest BCUT2D eigenvalue weighted by atomic mass is 32.2.